The molecule has 0 spiro atoms. The molecule has 2 rings (SSSR count). The Morgan fingerprint density at radius 3 is 2.77 bits per heavy atom. The smallest absolute Gasteiger partial charge is 0.0322 e. The van der Waals surface area contributed by atoms with Gasteiger partial charge in [0.15, 0.2) is 0 Å². The van der Waals surface area contributed by atoms with E-state index in [0.717, 1.165) is 11.8 Å². The Morgan fingerprint density at radius 1 is 1.38 bits per heavy atom. The third kappa shape index (κ3) is 1.96. The maximum Gasteiger partial charge on any atom is 0.0322 e. The maximum absolute atomic E-state index is 2.52. The zero-order chi connectivity index (χ0) is 9.26. The lowest BCUT2D eigenvalue weighted by atomic mass is 10.0. The summed E-state index contributed by atoms with van der Waals surface area (Å²) in [6.07, 6.45) is 9.60. The van der Waals surface area contributed by atoms with Crippen LogP contribution in [0.2, 0.25) is 0 Å². The number of rotatable bonds is 1. The van der Waals surface area contributed by atoms with Crippen LogP contribution in [0.5, 0.6) is 0 Å². The Bertz CT molecular complexity index is 240. The molecular weight excluding hydrogens is 158 g/mol. The van der Waals surface area contributed by atoms with Gasteiger partial charge in [0.25, 0.3) is 0 Å². The van der Waals surface area contributed by atoms with Crippen molar-refractivity contribution >= 4 is 0 Å². The van der Waals surface area contributed by atoms with E-state index in [2.05, 4.69) is 37.0 Å². The van der Waals surface area contributed by atoms with Gasteiger partial charge in [-0.3, -0.25) is 0 Å². The third-order valence-electron chi connectivity index (χ3n) is 3.08. The summed E-state index contributed by atoms with van der Waals surface area (Å²) in [7, 11) is 0. The summed E-state index contributed by atoms with van der Waals surface area (Å²) in [5.74, 6) is 1.62. The van der Waals surface area contributed by atoms with Gasteiger partial charge in [-0.2, -0.15) is 0 Å². The average molecular weight is 177 g/mol. The number of nitrogens with zero attached hydrogens (tertiary/aromatic N) is 1. The Balaban J connectivity index is 1.99. The van der Waals surface area contributed by atoms with E-state index in [9.17, 15) is 0 Å². The van der Waals surface area contributed by atoms with Crippen LogP contribution in [0.3, 0.4) is 0 Å². The molecule has 0 aromatic heterocycles. The summed E-state index contributed by atoms with van der Waals surface area (Å²) < 4.78 is 0. The van der Waals surface area contributed by atoms with E-state index in [0.29, 0.717) is 0 Å². The standard InChI is InChI=1S/C12H19N/c1-10-3-5-12(6-4-10)13-8-7-11(2)9-13/h3,5-6,10-11H,4,7-9H2,1-2H3. The highest BCUT2D eigenvalue weighted by atomic mass is 15.2. The van der Waals surface area contributed by atoms with E-state index >= 15 is 0 Å². The minimum absolute atomic E-state index is 0.740. The van der Waals surface area contributed by atoms with Gasteiger partial charge in [-0.1, -0.05) is 26.0 Å². The second kappa shape index (κ2) is 3.57. The van der Waals surface area contributed by atoms with E-state index in [-0.39, 0.29) is 0 Å². The lowest BCUT2D eigenvalue weighted by molar-refractivity contribution is 0.417. The van der Waals surface area contributed by atoms with Crippen molar-refractivity contribution in [3.05, 3.63) is 23.9 Å². The molecular formula is C12H19N. The highest BCUT2D eigenvalue weighted by Gasteiger charge is 2.20. The van der Waals surface area contributed by atoms with Crippen molar-refractivity contribution in [3.63, 3.8) is 0 Å². The molecule has 0 radical (unpaired) electrons. The molecule has 0 bridgehead atoms. The first-order chi connectivity index (χ1) is 6.25. The first-order valence-corrected chi connectivity index (χ1v) is 5.39. The van der Waals surface area contributed by atoms with Gasteiger partial charge in [-0.15, -0.1) is 0 Å². The van der Waals surface area contributed by atoms with Crippen LogP contribution in [0, 0.1) is 11.8 Å². The summed E-state index contributed by atoms with van der Waals surface area (Å²) >= 11 is 0. The molecule has 1 saturated heterocycles. The summed E-state index contributed by atoms with van der Waals surface area (Å²) in [6.45, 7) is 7.13. The fourth-order valence-corrected chi connectivity index (χ4v) is 2.12. The van der Waals surface area contributed by atoms with E-state index in [1.54, 1.807) is 0 Å². The molecule has 1 fully saturated rings. The summed E-state index contributed by atoms with van der Waals surface area (Å²) in [4.78, 5) is 2.52. The van der Waals surface area contributed by atoms with Gasteiger partial charge in [-0.25, -0.2) is 0 Å². The molecule has 2 atom stereocenters. The zero-order valence-electron chi connectivity index (χ0n) is 8.66. The zero-order valence-corrected chi connectivity index (χ0v) is 8.66. The van der Waals surface area contributed by atoms with E-state index < -0.39 is 0 Å². The molecule has 72 valence electrons. The predicted octanol–water partition coefficient (Wildman–Crippen LogP) is 2.81. The van der Waals surface area contributed by atoms with Gasteiger partial charge in [0.05, 0.1) is 0 Å². The van der Waals surface area contributed by atoms with Crippen LogP contribution in [-0.4, -0.2) is 18.0 Å². The normalized spacial score (nSPS) is 33.7. The number of hydrogen-bond donors (Lipinski definition) is 0. The highest BCUT2D eigenvalue weighted by Crippen LogP contribution is 2.24. The molecule has 0 N–H and O–H groups in total. The van der Waals surface area contributed by atoms with Crippen LogP contribution in [-0.2, 0) is 0 Å². The first-order valence-electron chi connectivity index (χ1n) is 5.39. The van der Waals surface area contributed by atoms with E-state index in [4.69, 9.17) is 0 Å². The molecule has 1 aliphatic heterocycles. The molecule has 1 heteroatoms. The molecule has 0 aromatic rings. The van der Waals surface area contributed by atoms with Gasteiger partial charge in [0, 0.05) is 18.8 Å². The highest BCUT2D eigenvalue weighted by molar-refractivity contribution is 5.23. The monoisotopic (exact) mass is 177 g/mol. The quantitative estimate of drug-likeness (QED) is 0.595. The van der Waals surface area contributed by atoms with E-state index in [1.807, 2.05) is 0 Å². The van der Waals surface area contributed by atoms with Gasteiger partial charge in [0.1, 0.15) is 0 Å². The minimum atomic E-state index is 0.740. The Hall–Kier alpha value is -0.720. The fourth-order valence-electron chi connectivity index (χ4n) is 2.12. The summed E-state index contributed by atoms with van der Waals surface area (Å²) in [5, 5.41) is 0. The van der Waals surface area contributed by atoms with Crippen LogP contribution < -0.4 is 0 Å². The maximum atomic E-state index is 2.52. The predicted molar refractivity (Wildman–Crippen MR) is 56.4 cm³/mol. The molecule has 0 saturated carbocycles. The average Bonchev–Trinajstić information content (AvgIpc) is 2.53. The third-order valence-corrected chi connectivity index (χ3v) is 3.08. The Labute approximate surface area is 81.1 Å². The number of likely N-dealkylation sites (tertiary alicyclic amines) is 1. The van der Waals surface area contributed by atoms with Crippen LogP contribution >= 0.6 is 0 Å². The Kier molecular flexibility index (Phi) is 2.43. The molecule has 13 heavy (non-hydrogen) atoms. The van der Waals surface area contributed by atoms with Crippen molar-refractivity contribution in [2.24, 2.45) is 11.8 Å². The number of allylic oxidation sites excluding steroid dienone is 3. The van der Waals surface area contributed by atoms with Crippen LogP contribution in [0.25, 0.3) is 0 Å². The van der Waals surface area contributed by atoms with E-state index in [1.165, 1.54) is 31.6 Å². The molecule has 0 amide bonds. The fraction of sp³-hybridized carbons (Fsp3) is 0.667. The van der Waals surface area contributed by atoms with Crippen molar-refractivity contribution in [2.45, 2.75) is 26.7 Å². The second-order valence-corrected chi connectivity index (χ2v) is 4.54. The van der Waals surface area contributed by atoms with Crippen molar-refractivity contribution in [1.82, 2.24) is 4.90 Å². The van der Waals surface area contributed by atoms with Crippen molar-refractivity contribution < 1.29 is 0 Å². The van der Waals surface area contributed by atoms with Crippen molar-refractivity contribution in [1.29, 1.82) is 0 Å². The molecule has 2 unspecified atom stereocenters. The van der Waals surface area contributed by atoms with Gasteiger partial charge in [0.2, 0.25) is 0 Å². The SMILES string of the molecule is CC1C=CC(N2CCC(C)C2)=CC1. The lowest BCUT2D eigenvalue weighted by Gasteiger charge is -2.22. The second-order valence-electron chi connectivity index (χ2n) is 4.54. The van der Waals surface area contributed by atoms with Crippen molar-refractivity contribution in [2.75, 3.05) is 13.1 Å². The first kappa shape index (κ1) is 8.86. The minimum Gasteiger partial charge on any atom is -0.372 e. The number of hydrogen-bond acceptors (Lipinski definition) is 1. The molecule has 1 nitrogen and oxygen atoms in total. The van der Waals surface area contributed by atoms with Crippen LogP contribution in [0.1, 0.15) is 26.7 Å². The van der Waals surface area contributed by atoms with Crippen LogP contribution in [0.15, 0.2) is 23.9 Å². The largest absolute Gasteiger partial charge is 0.372 e. The van der Waals surface area contributed by atoms with Gasteiger partial charge in [-0.05, 0) is 30.8 Å². The Morgan fingerprint density at radius 2 is 2.23 bits per heavy atom. The lowest BCUT2D eigenvalue weighted by Crippen LogP contribution is -2.19. The molecule has 1 aliphatic carbocycles. The summed E-state index contributed by atoms with van der Waals surface area (Å²) in [6, 6.07) is 0. The molecule has 1 heterocycles. The molecule has 0 aromatic carbocycles. The van der Waals surface area contributed by atoms with Crippen molar-refractivity contribution in [3.8, 4) is 0 Å². The topological polar surface area (TPSA) is 3.24 Å². The van der Waals surface area contributed by atoms with Gasteiger partial charge >= 0.3 is 0 Å². The van der Waals surface area contributed by atoms with Crippen LogP contribution in [0.4, 0.5) is 0 Å². The summed E-state index contributed by atoms with van der Waals surface area (Å²) in [5.41, 5.74) is 1.46. The van der Waals surface area contributed by atoms with Gasteiger partial charge < -0.3 is 4.90 Å². The molecule has 2 aliphatic rings.